The minimum atomic E-state index is -0.407. The lowest BCUT2D eigenvalue weighted by molar-refractivity contribution is -0.124. The predicted octanol–water partition coefficient (Wildman–Crippen LogP) is 2.15. The first-order valence-corrected chi connectivity index (χ1v) is 9.17. The van der Waals surface area contributed by atoms with Crippen LogP contribution in [0.25, 0.3) is 0 Å². The molecule has 0 bridgehead atoms. The fourth-order valence-corrected chi connectivity index (χ4v) is 2.22. The van der Waals surface area contributed by atoms with E-state index in [4.69, 9.17) is 0 Å². The number of amides is 2. The molecule has 0 heterocycles. The molecule has 160 valence electrons. The van der Waals surface area contributed by atoms with Crippen LogP contribution in [0.2, 0.25) is 0 Å². The van der Waals surface area contributed by atoms with Crippen LogP contribution in [0.3, 0.4) is 0 Å². The standard InChI is InChI=1S/2C11H12FNO2/c1-8(14)7-13-11(15)6-9-3-2-4-10(12)5-9;1-8(14)7-13-11(15)6-9-4-2-3-5-10(9)12/h2*2-5H,6-7H2,1H3,(H,13,15). The Balaban J connectivity index is 0.000000300. The first-order chi connectivity index (χ1) is 14.2. The average Bonchev–Trinajstić information content (AvgIpc) is 2.67. The molecule has 2 aromatic carbocycles. The fraction of sp³-hybridized carbons (Fsp3) is 0.273. The molecule has 0 unspecified atom stereocenters. The largest absolute Gasteiger partial charge is 0.349 e. The number of ketones is 2. The van der Waals surface area contributed by atoms with Gasteiger partial charge in [-0.15, -0.1) is 0 Å². The van der Waals surface area contributed by atoms with Gasteiger partial charge in [0.05, 0.1) is 25.9 Å². The summed E-state index contributed by atoms with van der Waals surface area (Å²) in [5.41, 5.74) is 0.926. The Hall–Kier alpha value is -3.42. The summed E-state index contributed by atoms with van der Waals surface area (Å²) < 4.78 is 25.8. The predicted molar refractivity (Wildman–Crippen MR) is 108 cm³/mol. The molecule has 0 aromatic heterocycles. The van der Waals surface area contributed by atoms with Crippen molar-refractivity contribution in [3.8, 4) is 0 Å². The quantitative estimate of drug-likeness (QED) is 0.687. The monoisotopic (exact) mass is 418 g/mol. The minimum absolute atomic E-state index is 0.00666. The van der Waals surface area contributed by atoms with Gasteiger partial charge in [-0.3, -0.25) is 19.2 Å². The molecule has 0 radical (unpaired) electrons. The van der Waals surface area contributed by atoms with Crippen molar-refractivity contribution in [2.45, 2.75) is 26.7 Å². The molecule has 0 spiro atoms. The summed E-state index contributed by atoms with van der Waals surface area (Å²) in [5, 5.41) is 4.84. The van der Waals surface area contributed by atoms with E-state index in [-0.39, 0.29) is 55.1 Å². The highest BCUT2D eigenvalue weighted by Crippen LogP contribution is 2.06. The number of carbonyl (C=O) groups is 4. The van der Waals surface area contributed by atoms with E-state index in [0.717, 1.165) is 0 Å². The van der Waals surface area contributed by atoms with E-state index < -0.39 is 5.82 Å². The maximum absolute atomic E-state index is 13.1. The normalized spacial score (nSPS) is 9.73. The lowest BCUT2D eigenvalue weighted by Gasteiger charge is -2.03. The zero-order valence-electron chi connectivity index (χ0n) is 16.8. The van der Waals surface area contributed by atoms with Crippen LogP contribution in [-0.4, -0.2) is 36.5 Å². The van der Waals surface area contributed by atoms with Gasteiger partial charge in [0, 0.05) is 0 Å². The Labute approximate surface area is 173 Å². The molecule has 6 nitrogen and oxygen atoms in total. The van der Waals surface area contributed by atoms with Gasteiger partial charge in [-0.1, -0.05) is 30.3 Å². The fourth-order valence-electron chi connectivity index (χ4n) is 2.22. The van der Waals surface area contributed by atoms with Gasteiger partial charge in [-0.25, -0.2) is 8.78 Å². The molecule has 30 heavy (non-hydrogen) atoms. The summed E-state index contributed by atoms with van der Waals surface area (Å²) in [6, 6.07) is 11.9. The highest BCUT2D eigenvalue weighted by molar-refractivity contribution is 5.86. The number of rotatable bonds is 8. The average molecular weight is 418 g/mol. The van der Waals surface area contributed by atoms with E-state index >= 15 is 0 Å². The van der Waals surface area contributed by atoms with Gasteiger partial charge in [0.25, 0.3) is 0 Å². The van der Waals surface area contributed by atoms with E-state index in [1.807, 2.05) is 0 Å². The highest BCUT2D eigenvalue weighted by atomic mass is 19.1. The number of Topliss-reactive ketones (excluding diaryl/α,β-unsaturated/α-hetero) is 2. The third-order valence-electron chi connectivity index (χ3n) is 3.63. The molecular formula is C22H24F2N2O4. The molecule has 0 atom stereocenters. The molecule has 0 aliphatic heterocycles. The highest BCUT2D eigenvalue weighted by Gasteiger charge is 2.07. The Kier molecular flexibility index (Phi) is 10.6. The van der Waals surface area contributed by atoms with E-state index in [0.29, 0.717) is 11.1 Å². The van der Waals surface area contributed by atoms with Crippen molar-refractivity contribution in [2.24, 2.45) is 0 Å². The van der Waals surface area contributed by atoms with Gasteiger partial charge < -0.3 is 10.6 Å². The number of hydrogen-bond acceptors (Lipinski definition) is 4. The maximum atomic E-state index is 13.1. The molecule has 0 saturated carbocycles. The van der Waals surface area contributed by atoms with Crippen molar-refractivity contribution in [1.82, 2.24) is 10.6 Å². The Morgan fingerprint density at radius 2 is 1.33 bits per heavy atom. The van der Waals surface area contributed by atoms with Crippen molar-refractivity contribution in [3.05, 3.63) is 71.3 Å². The van der Waals surface area contributed by atoms with E-state index in [2.05, 4.69) is 10.6 Å². The summed E-state index contributed by atoms with van der Waals surface area (Å²) in [6.45, 7) is 2.79. The summed E-state index contributed by atoms with van der Waals surface area (Å²) in [4.78, 5) is 43.6. The van der Waals surface area contributed by atoms with Gasteiger partial charge in [0.1, 0.15) is 23.2 Å². The number of benzene rings is 2. The van der Waals surface area contributed by atoms with E-state index in [9.17, 15) is 28.0 Å². The van der Waals surface area contributed by atoms with Crippen LogP contribution in [0.15, 0.2) is 48.5 Å². The lowest BCUT2D eigenvalue weighted by atomic mass is 10.1. The molecule has 2 N–H and O–H groups in total. The topological polar surface area (TPSA) is 92.3 Å². The van der Waals surface area contributed by atoms with Crippen LogP contribution in [-0.2, 0) is 32.0 Å². The van der Waals surface area contributed by atoms with Gasteiger partial charge in [-0.2, -0.15) is 0 Å². The summed E-state index contributed by atoms with van der Waals surface area (Å²) >= 11 is 0. The second-order valence-corrected chi connectivity index (χ2v) is 6.53. The molecule has 0 aliphatic rings. The van der Waals surface area contributed by atoms with Crippen LogP contribution in [0.4, 0.5) is 8.78 Å². The van der Waals surface area contributed by atoms with Crippen LogP contribution >= 0.6 is 0 Å². The van der Waals surface area contributed by atoms with Crippen molar-refractivity contribution in [1.29, 1.82) is 0 Å². The van der Waals surface area contributed by atoms with Crippen LogP contribution in [0.5, 0.6) is 0 Å². The smallest absolute Gasteiger partial charge is 0.224 e. The molecule has 0 saturated heterocycles. The summed E-state index contributed by atoms with van der Waals surface area (Å²) in [7, 11) is 0. The third kappa shape index (κ3) is 10.8. The van der Waals surface area contributed by atoms with Crippen molar-refractivity contribution in [3.63, 3.8) is 0 Å². The van der Waals surface area contributed by atoms with Gasteiger partial charge in [-0.05, 0) is 43.2 Å². The van der Waals surface area contributed by atoms with Gasteiger partial charge >= 0.3 is 0 Å². The first-order valence-electron chi connectivity index (χ1n) is 9.17. The van der Waals surface area contributed by atoms with Crippen LogP contribution < -0.4 is 10.6 Å². The zero-order valence-corrected chi connectivity index (χ0v) is 16.8. The van der Waals surface area contributed by atoms with Crippen LogP contribution in [0.1, 0.15) is 25.0 Å². The summed E-state index contributed by atoms with van der Waals surface area (Å²) in [6.07, 6.45) is 0.0466. The molecule has 2 amide bonds. The molecule has 2 rings (SSSR count). The Morgan fingerprint density at radius 3 is 1.87 bits per heavy atom. The first kappa shape index (κ1) is 24.6. The SMILES string of the molecule is CC(=O)CNC(=O)Cc1cccc(F)c1.CC(=O)CNC(=O)Cc1ccccc1F. The molecule has 8 heteroatoms. The van der Waals surface area contributed by atoms with E-state index in [1.54, 1.807) is 30.3 Å². The second kappa shape index (κ2) is 12.9. The minimum Gasteiger partial charge on any atom is -0.349 e. The van der Waals surface area contributed by atoms with Crippen molar-refractivity contribution in [2.75, 3.05) is 13.1 Å². The Bertz CT molecular complexity index is 900. The molecule has 0 aliphatic carbocycles. The molecule has 2 aromatic rings. The number of halogens is 2. The van der Waals surface area contributed by atoms with Crippen LogP contribution in [0, 0.1) is 11.6 Å². The van der Waals surface area contributed by atoms with E-state index in [1.165, 1.54) is 32.0 Å². The maximum Gasteiger partial charge on any atom is 0.224 e. The second-order valence-electron chi connectivity index (χ2n) is 6.53. The van der Waals surface area contributed by atoms with Gasteiger partial charge in [0.15, 0.2) is 0 Å². The molecular weight excluding hydrogens is 394 g/mol. The number of nitrogens with one attached hydrogen (secondary N) is 2. The Morgan fingerprint density at radius 1 is 0.767 bits per heavy atom. The van der Waals surface area contributed by atoms with Crippen molar-refractivity contribution < 1.29 is 28.0 Å². The number of hydrogen-bond donors (Lipinski definition) is 2. The molecule has 0 fully saturated rings. The third-order valence-corrected chi connectivity index (χ3v) is 3.63. The van der Waals surface area contributed by atoms with Crippen molar-refractivity contribution >= 4 is 23.4 Å². The zero-order chi connectivity index (χ0) is 22.5. The number of carbonyl (C=O) groups excluding carboxylic acids is 4. The lowest BCUT2D eigenvalue weighted by Crippen LogP contribution is -2.29. The summed E-state index contributed by atoms with van der Waals surface area (Å²) in [5.74, 6) is -1.65. The van der Waals surface area contributed by atoms with Gasteiger partial charge in [0.2, 0.25) is 11.8 Å².